The Kier molecular flexibility index (Phi) is 8.26. The summed E-state index contributed by atoms with van der Waals surface area (Å²) in [6.07, 6.45) is 7.13. The van der Waals surface area contributed by atoms with Gasteiger partial charge < -0.3 is 15.2 Å². The second-order valence-corrected chi connectivity index (χ2v) is 6.79. The van der Waals surface area contributed by atoms with Gasteiger partial charge in [0.15, 0.2) is 0 Å². The smallest absolute Gasteiger partial charge is 0.305 e. The van der Waals surface area contributed by atoms with Crippen molar-refractivity contribution in [1.82, 2.24) is 5.32 Å². The number of carbonyl (C=O) groups is 1. The van der Waals surface area contributed by atoms with Crippen LogP contribution in [-0.4, -0.2) is 31.3 Å². The first-order valence-corrected chi connectivity index (χ1v) is 9.20. The molecule has 1 saturated carbocycles. The van der Waals surface area contributed by atoms with Crippen LogP contribution >= 0.6 is 0 Å². The summed E-state index contributed by atoms with van der Waals surface area (Å²) in [6.45, 7) is 1.97. The maximum Gasteiger partial charge on any atom is 0.305 e. The number of methoxy groups -OCH3 is 1. The van der Waals surface area contributed by atoms with Crippen molar-refractivity contribution in [2.24, 2.45) is 5.92 Å². The van der Waals surface area contributed by atoms with Gasteiger partial charge in [-0.3, -0.25) is 4.79 Å². The molecule has 0 spiro atoms. The number of ether oxygens (including phenoxy) is 1. The molecule has 1 aliphatic rings. The van der Waals surface area contributed by atoms with Gasteiger partial charge in [-0.2, -0.15) is 0 Å². The van der Waals surface area contributed by atoms with Gasteiger partial charge in [0, 0.05) is 19.6 Å². The Balaban J connectivity index is 1.83. The summed E-state index contributed by atoms with van der Waals surface area (Å²) in [5.74, 6) is 1.21. The molecular weight excluding hydrogens is 302 g/mol. The number of hydrogen-bond donors (Lipinski definition) is 2. The van der Waals surface area contributed by atoms with E-state index >= 15 is 0 Å². The lowest BCUT2D eigenvalue weighted by Gasteiger charge is -2.30. The molecule has 2 rings (SSSR count). The molecule has 4 heteroatoms. The van der Waals surface area contributed by atoms with Gasteiger partial charge in [-0.1, -0.05) is 24.3 Å². The average Bonchev–Trinajstić information content (AvgIpc) is 2.64. The first-order chi connectivity index (χ1) is 11.7. The molecule has 0 aliphatic heterocycles. The van der Waals surface area contributed by atoms with Crippen LogP contribution in [0.25, 0.3) is 0 Å². The van der Waals surface area contributed by atoms with Crippen LogP contribution in [0.4, 0.5) is 0 Å². The Hall–Kier alpha value is -1.39. The third-order valence-electron chi connectivity index (χ3n) is 5.15. The van der Waals surface area contributed by atoms with E-state index in [1.54, 1.807) is 0 Å². The first kappa shape index (κ1) is 18.9. The van der Waals surface area contributed by atoms with Gasteiger partial charge in [-0.15, -0.1) is 0 Å². The van der Waals surface area contributed by atoms with Crippen LogP contribution in [0.3, 0.4) is 0 Å². The van der Waals surface area contributed by atoms with Crippen LogP contribution in [0.15, 0.2) is 24.3 Å². The Morgan fingerprint density at radius 1 is 1.25 bits per heavy atom. The van der Waals surface area contributed by atoms with Gasteiger partial charge in [0.05, 0.1) is 7.11 Å². The Labute approximate surface area is 145 Å². The minimum atomic E-state index is -0.0866. The van der Waals surface area contributed by atoms with Crippen LogP contribution in [-0.2, 0) is 16.1 Å². The van der Waals surface area contributed by atoms with Crippen LogP contribution in [0.1, 0.15) is 62.0 Å². The molecule has 0 unspecified atom stereocenters. The molecule has 0 radical (unpaired) electrons. The molecule has 4 nitrogen and oxygen atoms in total. The van der Waals surface area contributed by atoms with E-state index < -0.39 is 0 Å². The lowest BCUT2D eigenvalue weighted by Crippen LogP contribution is -2.19. The highest BCUT2D eigenvalue weighted by atomic mass is 16.5. The standard InChI is InChI=1S/C20H31NO3/c1-24-20(23)12-9-16-7-10-17(11-8-16)19-6-3-2-5-18(19)15-21-13-4-14-22/h2-3,5-6,16-17,21-22H,4,7-15H2,1H3/t16-,17-. The summed E-state index contributed by atoms with van der Waals surface area (Å²) in [5, 5.41) is 12.3. The van der Waals surface area contributed by atoms with E-state index in [2.05, 4.69) is 29.6 Å². The molecule has 0 aromatic heterocycles. The minimum Gasteiger partial charge on any atom is -0.469 e. The molecule has 1 aromatic carbocycles. The Bertz CT molecular complexity index is 495. The van der Waals surface area contributed by atoms with E-state index in [4.69, 9.17) is 9.84 Å². The summed E-state index contributed by atoms with van der Waals surface area (Å²) >= 11 is 0. The normalized spacial score (nSPS) is 20.8. The fourth-order valence-corrected chi connectivity index (χ4v) is 3.71. The van der Waals surface area contributed by atoms with Crippen LogP contribution in [0.5, 0.6) is 0 Å². The minimum absolute atomic E-state index is 0.0866. The quantitative estimate of drug-likeness (QED) is 0.537. The number of rotatable bonds is 9. The number of esters is 1. The molecule has 0 amide bonds. The molecule has 1 fully saturated rings. The SMILES string of the molecule is COC(=O)CC[C@H]1CC[C@H](c2ccccc2CNCCCO)CC1. The maximum atomic E-state index is 11.3. The van der Waals surface area contributed by atoms with Gasteiger partial charge >= 0.3 is 5.97 Å². The molecule has 1 aromatic rings. The van der Waals surface area contributed by atoms with Gasteiger partial charge in [-0.05, 0) is 68.0 Å². The van der Waals surface area contributed by atoms with Crippen molar-refractivity contribution < 1.29 is 14.6 Å². The van der Waals surface area contributed by atoms with Crippen molar-refractivity contribution in [2.45, 2.75) is 57.4 Å². The second-order valence-electron chi connectivity index (χ2n) is 6.79. The summed E-state index contributed by atoms with van der Waals surface area (Å²) in [7, 11) is 1.46. The van der Waals surface area contributed by atoms with Crippen molar-refractivity contribution in [2.75, 3.05) is 20.3 Å². The molecule has 0 atom stereocenters. The van der Waals surface area contributed by atoms with Crippen molar-refractivity contribution in [3.05, 3.63) is 35.4 Å². The number of aliphatic hydroxyl groups excluding tert-OH is 1. The Morgan fingerprint density at radius 3 is 2.71 bits per heavy atom. The second kappa shape index (κ2) is 10.5. The molecule has 0 heterocycles. The molecule has 24 heavy (non-hydrogen) atoms. The van der Waals surface area contributed by atoms with Gasteiger partial charge in [0.2, 0.25) is 0 Å². The summed E-state index contributed by atoms with van der Waals surface area (Å²) in [5.41, 5.74) is 2.86. The maximum absolute atomic E-state index is 11.3. The fourth-order valence-electron chi connectivity index (χ4n) is 3.71. The van der Waals surface area contributed by atoms with E-state index in [0.717, 1.165) is 25.9 Å². The number of hydrogen-bond acceptors (Lipinski definition) is 4. The molecule has 0 saturated heterocycles. The summed E-state index contributed by atoms with van der Waals surface area (Å²) < 4.78 is 4.74. The first-order valence-electron chi connectivity index (χ1n) is 9.20. The van der Waals surface area contributed by atoms with Crippen molar-refractivity contribution in [3.8, 4) is 0 Å². The zero-order chi connectivity index (χ0) is 17.2. The highest BCUT2D eigenvalue weighted by Crippen LogP contribution is 2.38. The number of benzene rings is 1. The average molecular weight is 333 g/mol. The zero-order valence-electron chi connectivity index (χ0n) is 14.8. The van der Waals surface area contributed by atoms with E-state index in [-0.39, 0.29) is 12.6 Å². The lowest BCUT2D eigenvalue weighted by molar-refractivity contribution is -0.141. The van der Waals surface area contributed by atoms with E-state index in [1.807, 2.05) is 0 Å². The third kappa shape index (κ3) is 5.91. The topological polar surface area (TPSA) is 58.6 Å². The van der Waals surface area contributed by atoms with E-state index in [9.17, 15) is 4.79 Å². The Morgan fingerprint density at radius 2 is 2.00 bits per heavy atom. The molecular formula is C20H31NO3. The number of aliphatic hydroxyl groups is 1. The highest BCUT2D eigenvalue weighted by molar-refractivity contribution is 5.69. The van der Waals surface area contributed by atoms with E-state index in [0.29, 0.717) is 18.3 Å². The number of nitrogens with one attached hydrogen (secondary N) is 1. The number of carbonyl (C=O) groups excluding carboxylic acids is 1. The van der Waals surface area contributed by atoms with Crippen molar-refractivity contribution in [1.29, 1.82) is 0 Å². The molecule has 2 N–H and O–H groups in total. The molecule has 134 valence electrons. The monoisotopic (exact) mass is 333 g/mol. The van der Waals surface area contributed by atoms with Gasteiger partial charge in [-0.25, -0.2) is 0 Å². The van der Waals surface area contributed by atoms with E-state index in [1.165, 1.54) is 43.9 Å². The molecule has 0 bridgehead atoms. The third-order valence-corrected chi connectivity index (χ3v) is 5.15. The summed E-state index contributed by atoms with van der Waals surface area (Å²) in [4.78, 5) is 11.3. The van der Waals surface area contributed by atoms with Crippen molar-refractivity contribution in [3.63, 3.8) is 0 Å². The molecule has 1 aliphatic carbocycles. The van der Waals surface area contributed by atoms with Gasteiger partial charge in [0.1, 0.15) is 0 Å². The van der Waals surface area contributed by atoms with Crippen LogP contribution < -0.4 is 5.32 Å². The van der Waals surface area contributed by atoms with Crippen LogP contribution in [0.2, 0.25) is 0 Å². The van der Waals surface area contributed by atoms with Crippen molar-refractivity contribution >= 4 is 5.97 Å². The predicted octanol–water partition coefficient (Wildman–Crippen LogP) is 3.39. The lowest BCUT2D eigenvalue weighted by atomic mass is 9.76. The fraction of sp³-hybridized carbons (Fsp3) is 0.650. The van der Waals surface area contributed by atoms with Crippen LogP contribution in [0, 0.1) is 5.92 Å². The largest absolute Gasteiger partial charge is 0.469 e. The zero-order valence-corrected chi connectivity index (χ0v) is 14.8. The summed E-state index contributed by atoms with van der Waals surface area (Å²) in [6, 6.07) is 8.72. The van der Waals surface area contributed by atoms with Gasteiger partial charge in [0.25, 0.3) is 0 Å². The highest BCUT2D eigenvalue weighted by Gasteiger charge is 2.24. The predicted molar refractivity (Wildman–Crippen MR) is 95.8 cm³/mol.